The lowest BCUT2D eigenvalue weighted by Crippen LogP contribution is -2.74. The maximum Gasteiger partial charge on any atom is 0.330 e. The van der Waals surface area contributed by atoms with E-state index in [9.17, 15) is 34.2 Å². The molecule has 1 aromatic rings. The van der Waals surface area contributed by atoms with Gasteiger partial charge in [-0.2, -0.15) is 0 Å². The van der Waals surface area contributed by atoms with E-state index < -0.39 is 53.2 Å². The highest BCUT2D eigenvalue weighted by Crippen LogP contribution is 2.39. The van der Waals surface area contributed by atoms with Crippen LogP contribution in [0.1, 0.15) is 29.6 Å². The average molecular weight is 461 g/mol. The predicted molar refractivity (Wildman–Crippen MR) is 115 cm³/mol. The van der Waals surface area contributed by atoms with Gasteiger partial charge in [0.05, 0.1) is 0 Å². The number of carboxylic acid groups (broad SMARTS) is 2. The summed E-state index contributed by atoms with van der Waals surface area (Å²) >= 11 is 1.34. The van der Waals surface area contributed by atoms with E-state index >= 15 is 0 Å². The van der Waals surface area contributed by atoms with Crippen molar-refractivity contribution in [3.63, 3.8) is 0 Å². The summed E-state index contributed by atoms with van der Waals surface area (Å²) in [4.78, 5) is 60.9. The molecule has 2 fully saturated rings. The van der Waals surface area contributed by atoms with E-state index in [1.165, 1.54) is 16.7 Å². The second kappa shape index (κ2) is 9.86. The molecule has 0 spiro atoms. The van der Waals surface area contributed by atoms with Crippen LogP contribution in [-0.4, -0.2) is 74.0 Å². The molecule has 3 amide bonds. The summed E-state index contributed by atoms with van der Waals surface area (Å²) in [6, 6.07) is 5.12. The smallest absolute Gasteiger partial charge is 0.330 e. The number of fused-ring (bicyclic) bond motifs is 1. The van der Waals surface area contributed by atoms with Gasteiger partial charge >= 0.3 is 11.9 Å². The van der Waals surface area contributed by atoms with E-state index in [2.05, 4.69) is 17.2 Å². The van der Waals surface area contributed by atoms with Crippen molar-refractivity contribution < 1.29 is 34.2 Å². The molecule has 0 saturated carbocycles. The summed E-state index contributed by atoms with van der Waals surface area (Å²) in [5.41, 5.74) is 0.756. The van der Waals surface area contributed by atoms with Crippen molar-refractivity contribution in [3.8, 4) is 0 Å². The number of benzene rings is 1. The van der Waals surface area contributed by atoms with Gasteiger partial charge < -0.3 is 25.7 Å². The zero-order valence-electron chi connectivity index (χ0n) is 17.0. The second-order valence-electron chi connectivity index (χ2n) is 7.51. The molecule has 0 aromatic heterocycles. The molecule has 3 rings (SSSR count). The Labute approximate surface area is 188 Å². The molecule has 2 saturated heterocycles. The lowest BCUT2D eigenvalue weighted by atomic mass is 9.98. The van der Waals surface area contributed by atoms with Gasteiger partial charge in [-0.05, 0) is 30.5 Å². The standard InChI is InChI=1S/C21H23N3O7S/c1-11-10-32-19-15(18(27)24(19)16(11)21(30)31)23-14(25)9-5-8-13(20(28)29)22-17(26)12-6-3-2-4-7-12/h2-4,6-7,13,15-16,19H,1,5,8-10H2,(H,22,26)(H,23,25)(H,28,29)(H,30,31)/t13?,15-,16-,19-/m1/s1. The van der Waals surface area contributed by atoms with Crippen molar-refractivity contribution in [2.24, 2.45) is 0 Å². The Hall–Kier alpha value is -3.34. The fourth-order valence-electron chi connectivity index (χ4n) is 3.63. The van der Waals surface area contributed by atoms with Gasteiger partial charge in [-0.1, -0.05) is 24.8 Å². The fraction of sp³-hybridized carbons (Fsp3) is 0.381. The van der Waals surface area contributed by atoms with Crippen LogP contribution in [0, 0.1) is 0 Å². The highest BCUT2D eigenvalue weighted by Gasteiger charge is 2.56. The minimum absolute atomic E-state index is 0.0329. The highest BCUT2D eigenvalue weighted by atomic mass is 32.2. The van der Waals surface area contributed by atoms with E-state index in [1.54, 1.807) is 30.3 Å². The number of aliphatic carboxylic acids is 2. The summed E-state index contributed by atoms with van der Waals surface area (Å²) < 4.78 is 0. The number of β-lactam (4-membered cyclic amide) rings is 1. The number of carbonyl (C=O) groups is 5. The first-order chi connectivity index (χ1) is 15.2. The van der Waals surface area contributed by atoms with Gasteiger partial charge in [0.2, 0.25) is 11.8 Å². The Balaban J connectivity index is 1.48. The first kappa shape index (κ1) is 23.3. The molecule has 11 heteroatoms. The van der Waals surface area contributed by atoms with Gasteiger partial charge in [0.1, 0.15) is 17.5 Å². The largest absolute Gasteiger partial charge is 0.480 e. The number of carbonyl (C=O) groups excluding carboxylic acids is 3. The molecule has 2 aliphatic heterocycles. The fourth-order valence-corrected chi connectivity index (χ4v) is 4.94. The number of carboxylic acids is 2. The molecule has 2 heterocycles. The third-order valence-electron chi connectivity index (χ3n) is 5.27. The SMILES string of the molecule is C=C1CS[C@@H]2[C@H](NC(=O)CCCC(NC(=O)c3ccccc3)C(=O)O)C(=O)N2[C@H]1C(=O)O. The van der Waals surface area contributed by atoms with Crippen LogP contribution >= 0.6 is 11.8 Å². The van der Waals surface area contributed by atoms with Crippen LogP contribution in [0.3, 0.4) is 0 Å². The van der Waals surface area contributed by atoms with Crippen LogP contribution in [-0.2, 0) is 19.2 Å². The molecule has 0 aliphatic carbocycles. The quantitative estimate of drug-likeness (QED) is 0.305. The Bertz CT molecular complexity index is 952. The van der Waals surface area contributed by atoms with E-state index in [0.717, 1.165) is 0 Å². The van der Waals surface area contributed by atoms with Crippen LogP contribution < -0.4 is 10.6 Å². The van der Waals surface area contributed by atoms with Crippen molar-refractivity contribution in [1.82, 2.24) is 15.5 Å². The van der Waals surface area contributed by atoms with Crippen LogP contribution in [0.4, 0.5) is 0 Å². The van der Waals surface area contributed by atoms with E-state index in [0.29, 0.717) is 16.9 Å². The van der Waals surface area contributed by atoms with E-state index in [4.69, 9.17) is 0 Å². The van der Waals surface area contributed by atoms with Crippen molar-refractivity contribution in [2.45, 2.75) is 42.8 Å². The van der Waals surface area contributed by atoms with E-state index in [-0.39, 0.29) is 19.3 Å². The normalized spacial score (nSPS) is 22.9. The third-order valence-corrected chi connectivity index (χ3v) is 6.65. The summed E-state index contributed by atoms with van der Waals surface area (Å²) in [7, 11) is 0. The average Bonchev–Trinajstić information content (AvgIpc) is 2.76. The molecule has 170 valence electrons. The maximum atomic E-state index is 12.4. The minimum atomic E-state index is -1.21. The Morgan fingerprint density at radius 3 is 2.50 bits per heavy atom. The third kappa shape index (κ3) is 4.93. The number of hydrogen-bond donors (Lipinski definition) is 4. The monoisotopic (exact) mass is 461 g/mol. The molecule has 4 atom stereocenters. The number of nitrogens with one attached hydrogen (secondary N) is 2. The molecule has 10 nitrogen and oxygen atoms in total. The highest BCUT2D eigenvalue weighted by molar-refractivity contribution is 8.00. The summed E-state index contributed by atoms with van der Waals surface area (Å²) in [6.07, 6.45) is 0.168. The number of rotatable bonds is 9. The summed E-state index contributed by atoms with van der Waals surface area (Å²) in [5, 5.41) is 23.3. The number of thioether (sulfide) groups is 1. The summed E-state index contributed by atoms with van der Waals surface area (Å²) in [6.45, 7) is 3.71. The van der Waals surface area contributed by atoms with Crippen LogP contribution in [0.5, 0.6) is 0 Å². The lowest BCUT2D eigenvalue weighted by Gasteiger charge is -2.52. The molecule has 32 heavy (non-hydrogen) atoms. The molecule has 1 unspecified atom stereocenters. The zero-order chi connectivity index (χ0) is 23.4. The second-order valence-corrected chi connectivity index (χ2v) is 8.62. The van der Waals surface area contributed by atoms with E-state index in [1.807, 2.05) is 0 Å². The lowest BCUT2D eigenvalue weighted by molar-refractivity contribution is -0.160. The van der Waals surface area contributed by atoms with Crippen molar-refractivity contribution in [2.75, 3.05) is 5.75 Å². The van der Waals surface area contributed by atoms with Crippen LogP contribution in [0.2, 0.25) is 0 Å². The van der Waals surface area contributed by atoms with Gasteiger partial charge in [0.25, 0.3) is 5.91 Å². The number of nitrogens with zero attached hydrogens (tertiary/aromatic N) is 1. The van der Waals surface area contributed by atoms with Crippen LogP contribution in [0.25, 0.3) is 0 Å². The molecule has 2 aliphatic rings. The van der Waals surface area contributed by atoms with Gasteiger partial charge in [0.15, 0.2) is 6.04 Å². The maximum absolute atomic E-state index is 12.4. The first-order valence-electron chi connectivity index (χ1n) is 9.93. The van der Waals surface area contributed by atoms with Gasteiger partial charge in [0, 0.05) is 17.7 Å². The summed E-state index contributed by atoms with van der Waals surface area (Å²) in [5.74, 6) is -3.44. The minimum Gasteiger partial charge on any atom is -0.480 e. The van der Waals surface area contributed by atoms with Crippen molar-refractivity contribution in [1.29, 1.82) is 0 Å². The van der Waals surface area contributed by atoms with Gasteiger partial charge in [-0.15, -0.1) is 11.8 Å². The van der Waals surface area contributed by atoms with Gasteiger partial charge in [-0.25, -0.2) is 9.59 Å². The Morgan fingerprint density at radius 1 is 1.19 bits per heavy atom. The Kier molecular flexibility index (Phi) is 7.18. The zero-order valence-corrected chi connectivity index (χ0v) is 17.8. The molecular weight excluding hydrogens is 438 g/mol. The molecular formula is C21H23N3O7S. The molecule has 0 radical (unpaired) electrons. The van der Waals surface area contributed by atoms with Crippen molar-refractivity contribution in [3.05, 3.63) is 48.0 Å². The Morgan fingerprint density at radius 2 is 1.88 bits per heavy atom. The van der Waals surface area contributed by atoms with Crippen LogP contribution in [0.15, 0.2) is 42.5 Å². The van der Waals surface area contributed by atoms with Crippen molar-refractivity contribution >= 4 is 41.4 Å². The number of hydrogen-bond acceptors (Lipinski definition) is 6. The molecule has 0 bridgehead atoms. The molecule has 4 N–H and O–H groups in total. The topological polar surface area (TPSA) is 153 Å². The van der Waals surface area contributed by atoms with Gasteiger partial charge in [-0.3, -0.25) is 14.4 Å². The predicted octanol–water partition coefficient (Wildman–Crippen LogP) is 0.449. The number of amides is 3. The molecule has 1 aromatic carbocycles. The first-order valence-corrected chi connectivity index (χ1v) is 11.0.